The number of carbonyl (C=O) groups is 1. The summed E-state index contributed by atoms with van der Waals surface area (Å²) in [6.07, 6.45) is 4.02. The number of amides is 1. The number of hydrogen-bond acceptors (Lipinski definition) is 5. The van der Waals surface area contributed by atoms with Crippen molar-refractivity contribution in [1.29, 1.82) is 0 Å². The topological polar surface area (TPSA) is 69.7 Å². The summed E-state index contributed by atoms with van der Waals surface area (Å²) in [5.74, 6) is 0.408. The summed E-state index contributed by atoms with van der Waals surface area (Å²) < 4.78 is 16.6. The summed E-state index contributed by atoms with van der Waals surface area (Å²) in [5, 5.41) is 2.91. The monoisotopic (exact) mass is 352 g/mol. The van der Waals surface area contributed by atoms with Crippen LogP contribution in [0.25, 0.3) is 0 Å². The Balaban J connectivity index is 2.71. The highest BCUT2D eigenvalue weighted by Crippen LogP contribution is 2.23. The quantitative estimate of drug-likeness (QED) is 0.581. The van der Waals surface area contributed by atoms with Gasteiger partial charge < -0.3 is 19.5 Å². The molecule has 0 saturated heterocycles. The summed E-state index contributed by atoms with van der Waals surface area (Å²) in [6.45, 7) is 12.0. The molecular formula is C19H32N2O4. The molecule has 0 saturated carbocycles. The molecule has 1 unspecified atom stereocenters. The summed E-state index contributed by atoms with van der Waals surface area (Å²) in [7, 11) is 0. The van der Waals surface area contributed by atoms with Gasteiger partial charge in [0.15, 0.2) is 0 Å². The third-order valence-electron chi connectivity index (χ3n) is 3.79. The molecule has 0 aliphatic carbocycles. The number of rotatable bonds is 12. The summed E-state index contributed by atoms with van der Waals surface area (Å²) >= 11 is 0. The minimum atomic E-state index is -0.828. The van der Waals surface area contributed by atoms with Gasteiger partial charge in [-0.2, -0.15) is 0 Å². The van der Waals surface area contributed by atoms with Crippen LogP contribution < -0.4 is 10.1 Å². The van der Waals surface area contributed by atoms with Crippen LogP contribution in [-0.2, 0) is 14.3 Å². The van der Waals surface area contributed by atoms with Gasteiger partial charge in [-0.1, -0.05) is 20.3 Å². The van der Waals surface area contributed by atoms with Crippen molar-refractivity contribution in [2.45, 2.75) is 59.5 Å². The smallest absolute Gasteiger partial charge is 0.256 e. The van der Waals surface area contributed by atoms with Crippen molar-refractivity contribution < 1.29 is 19.0 Å². The van der Waals surface area contributed by atoms with Gasteiger partial charge in [0.25, 0.3) is 5.91 Å². The zero-order valence-electron chi connectivity index (χ0n) is 16.2. The number of carbonyl (C=O) groups excluding carboxylic acids is 1. The molecule has 6 heteroatoms. The van der Waals surface area contributed by atoms with Crippen molar-refractivity contribution in [2.75, 3.05) is 31.7 Å². The number of pyridine rings is 1. The second-order valence-electron chi connectivity index (χ2n) is 6.17. The number of nitrogens with zero attached hydrogens (tertiary/aromatic N) is 1. The van der Waals surface area contributed by atoms with Crippen LogP contribution in [0.4, 0.5) is 5.69 Å². The molecular weight excluding hydrogens is 320 g/mol. The molecule has 6 nitrogen and oxygen atoms in total. The first kappa shape index (κ1) is 21.4. The fourth-order valence-electron chi connectivity index (χ4n) is 2.44. The number of aryl methyl sites for hydroxylation is 1. The average Bonchev–Trinajstić information content (AvgIpc) is 2.58. The van der Waals surface area contributed by atoms with Crippen molar-refractivity contribution in [1.82, 2.24) is 4.98 Å². The largest absolute Gasteiger partial charge is 0.475 e. The second-order valence-corrected chi connectivity index (χ2v) is 6.17. The lowest BCUT2D eigenvalue weighted by Crippen LogP contribution is -2.43. The first-order valence-electron chi connectivity index (χ1n) is 9.09. The van der Waals surface area contributed by atoms with Crippen molar-refractivity contribution in [2.24, 2.45) is 0 Å². The summed E-state index contributed by atoms with van der Waals surface area (Å²) in [5.41, 5.74) is 0.675. The highest BCUT2D eigenvalue weighted by atomic mass is 16.5. The highest BCUT2D eigenvalue weighted by Gasteiger charge is 2.33. The lowest BCUT2D eigenvalue weighted by Gasteiger charge is -2.28. The Morgan fingerprint density at radius 3 is 2.56 bits per heavy atom. The van der Waals surface area contributed by atoms with Crippen LogP contribution >= 0.6 is 0 Å². The van der Waals surface area contributed by atoms with Crippen LogP contribution in [0.15, 0.2) is 12.3 Å². The first-order chi connectivity index (χ1) is 12.0. The second kappa shape index (κ2) is 11.1. The Morgan fingerprint density at radius 2 is 1.96 bits per heavy atom. The van der Waals surface area contributed by atoms with Gasteiger partial charge in [-0.05, 0) is 39.7 Å². The Bertz CT molecular complexity index is 536. The van der Waals surface area contributed by atoms with E-state index in [0.29, 0.717) is 44.4 Å². The van der Waals surface area contributed by atoms with Crippen LogP contribution in [0.3, 0.4) is 0 Å². The van der Waals surface area contributed by atoms with Gasteiger partial charge in [0.1, 0.15) is 12.2 Å². The maximum atomic E-state index is 12.7. The van der Waals surface area contributed by atoms with E-state index >= 15 is 0 Å². The molecule has 0 fully saturated rings. The summed E-state index contributed by atoms with van der Waals surface area (Å²) in [4.78, 5) is 16.9. The third-order valence-corrected chi connectivity index (χ3v) is 3.79. The van der Waals surface area contributed by atoms with Crippen LogP contribution in [-0.4, -0.2) is 42.9 Å². The number of nitrogens with one attached hydrogen (secondary N) is 1. The molecule has 1 rings (SSSR count). The lowest BCUT2D eigenvalue weighted by molar-refractivity contribution is -0.140. The molecule has 142 valence electrons. The van der Waals surface area contributed by atoms with E-state index in [9.17, 15) is 4.79 Å². The van der Waals surface area contributed by atoms with Crippen LogP contribution in [0.1, 0.15) is 52.5 Å². The predicted molar refractivity (Wildman–Crippen MR) is 99.1 cm³/mol. The molecule has 25 heavy (non-hydrogen) atoms. The van der Waals surface area contributed by atoms with Crippen molar-refractivity contribution >= 4 is 11.6 Å². The van der Waals surface area contributed by atoms with E-state index in [2.05, 4.69) is 10.3 Å². The molecule has 0 spiro atoms. The van der Waals surface area contributed by atoms with Crippen molar-refractivity contribution in [3.63, 3.8) is 0 Å². The summed E-state index contributed by atoms with van der Waals surface area (Å²) in [6, 6.07) is 1.85. The SMILES string of the molecule is CCCOC(C)(CCC)C(=O)Nc1cnc(OCCOCC)c(C)c1. The molecule has 1 N–H and O–H groups in total. The van der Waals surface area contributed by atoms with Gasteiger partial charge >= 0.3 is 0 Å². The van der Waals surface area contributed by atoms with Crippen LogP contribution in [0, 0.1) is 6.92 Å². The molecule has 1 amide bonds. The number of anilines is 1. The maximum absolute atomic E-state index is 12.7. The molecule has 1 heterocycles. The van der Waals surface area contributed by atoms with E-state index < -0.39 is 5.60 Å². The fourth-order valence-corrected chi connectivity index (χ4v) is 2.44. The first-order valence-corrected chi connectivity index (χ1v) is 9.09. The minimum absolute atomic E-state index is 0.144. The van der Waals surface area contributed by atoms with Crippen molar-refractivity contribution in [3.8, 4) is 5.88 Å². The molecule has 1 atom stereocenters. The van der Waals surface area contributed by atoms with E-state index in [1.54, 1.807) is 6.20 Å². The van der Waals surface area contributed by atoms with Gasteiger partial charge in [-0.15, -0.1) is 0 Å². The normalized spacial score (nSPS) is 13.3. The van der Waals surface area contributed by atoms with E-state index in [4.69, 9.17) is 14.2 Å². The molecule has 0 aliphatic rings. The molecule has 0 aliphatic heterocycles. The number of hydrogen-bond donors (Lipinski definition) is 1. The molecule has 0 radical (unpaired) electrons. The standard InChI is InChI=1S/C19H32N2O4/c1-6-9-19(5,25-10-7-2)18(22)21-16-13-15(4)17(20-14-16)24-12-11-23-8-3/h13-14H,6-12H2,1-5H3,(H,21,22). The Kier molecular flexibility index (Phi) is 9.45. The Morgan fingerprint density at radius 1 is 1.20 bits per heavy atom. The van der Waals surface area contributed by atoms with E-state index in [0.717, 1.165) is 18.4 Å². The van der Waals surface area contributed by atoms with Gasteiger partial charge in [0, 0.05) is 18.8 Å². The van der Waals surface area contributed by atoms with E-state index in [1.165, 1.54) is 0 Å². The van der Waals surface area contributed by atoms with Crippen LogP contribution in [0.5, 0.6) is 5.88 Å². The molecule has 1 aromatic heterocycles. The average molecular weight is 352 g/mol. The highest BCUT2D eigenvalue weighted by molar-refractivity contribution is 5.97. The molecule has 0 aromatic carbocycles. The van der Waals surface area contributed by atoms with E-state index in [-0.39, 0.29) is 5.91 Å². The van der Waals surface area contributed by atoms with Gasteiger partial charge in [0.05, 0.1) is 18.5 Å². The number of aromatic nitrogens is 1. The predicted octanol–water partition coefficient (Wildman–Crippen LogP) is 3.73. The zero-order valence-corrected chi connectivity index (χ0v) is 16.2. The maximum Gasteiger partial charge on any atom is 0.256 e. The zero-order chi connectivity index (χ0) is 18.7. The van der Waals surface area contributed by atoms with Crippen LogP contribution in [0.2, 0.25) is 0 Å². The van der Waals surface area contributed by atoms with Gasteiger partial charge in [-0.3, -0.25) is 4.79 Å². The van der Waals surface area contributed by atoms with Gasteiger partial charge in [-0.25, -0.2) is 4.98 Å². The van der Waals surface area contributed by atoms with Gasteiger partial charge in [0.2, 0.25) is 5.88 Å². The number of ether oxygens (including phenoxy) is 3. The molecule has 1 aromatic rings. The Hall–Kier alpha value is -1.66. The minimum Gasteiger partial charge on any atom is -0.475 e. The Labute approximate surface area is 151 Å². The fraction of sp³-hybridized carbons (Fsp3) is 0.684. The van der Waals surface area contributed by atoms with E-state index in [1.807, 2.05) is 40.7 Å². The third kappa shape index (κ3) is 7.00. The lowest BCUT2D eigenvalue weighted by atomic mass is 9.99. The van der Waals surface area contributed by atoms with Crippen molar-refractivity contribution in [3.05, 3.63) is 17.8 Å². The molecule has 0 bridgehead atoms.